The third-order valence-corrected chi connectivity index (χ3v) is 6.66. The van der Waals surface area contributed by atoms with Crippen LogP contribution < -0.4 is 5.32 Å². The zero-order chi connectivity index (χ0) is 21.6. The quantitative estimate of drug-likeness (QED) is 0.771. The molecule has 0 spiro atoms. The minimum atomic E-state index is -0.296. The first-order chi connectivity index (χ1) is 14.5. The smallest absolute Gasteiger partial charge is 0.319 e. The maximum absolute atomic E-state index is 13.8. The Morgan fingerprint density at radius 3 is 2.47 bits per heavy atom. The molecule has 2 fully saturated rings. The topological polar surface area (TPSA) is 61.9 Å². The number of piperidine rings is 1. The van der Waals surface area contributed by atoms with Gasteiger partial charge in [-0.25, -0.2) is 9.18 Å². The number of ether oxygens (including phenoxy) is 1. The van der Waals surface area contributed by atoms with Gasteiger partial charge < -0.3 is 19.9 Å². The van der Waals surface area contributed by atoms with Crippen molar-refractivity contribution in [1.82, 2.24) is 15.1 Å². The SMILES string of the molecule is CCN(CC)C(=O)N1CCC(C(=O)NCC2(c3cccc(F)c3)CCOCC2)CC1. The van der Waals surface area contributed by atoms with E-state index in [4.69, 9.17) is 4.74 Å². The molecule has 1 N–H and O–H groups in total. The van der Waals surface area contributed by atoms with Gasteiger partial charge in [0.05, 0.1) is 0 Å². The first-order valence-electron chi connectivity index (χ1n) is 11.1. The molecule has 0 bridgehead atoms. The van der Waals surface area contributed by atoms with Gasteiger partial charge in [-0.15, -0.1) is 0 Å². The van der Waals surface area contributed by atoms with E-state index in [-0.39, 0.29) is 29.1 Å². The molecule has 3 amide bonds. The van der Waals surface area contributed by atoms with Crippen LogP contribution in [0.15, 0.2) is 24.3 Å². The summed E-state index contributed by atoms with van der Waals surface area (Å²) in [6, 6.07) is 6.76. The van der Waals surface area contributed by atoms with Crippen LogP contribution in [-0.4, -0.2) is 67.7 Å². The Morgan fingerprint density at radius 1 is 1.20 bits per heavy atom. The van der Waals surface area contributed by atoms with Crippen molar-refractivity contribution in [3.8, 4) is 0 Å². The molecule has 1 aromatic rings. The van der Waals surface area contributed by atoms with E-state index in [1.165, 1.54) is 6.07 Å². The van der Waals surface area contributed by atoms with Crippen LogP contribution in [-0.2, 0) is 14.9 Å². The molecule has 30 heavy (non-hydrogen) atoms. The van der Waals surface area contributed by atoms with Gasteiger partial charge in [0.25, 0.3) is 0 Å². The van der Waals surface area contributed by atoms with Crippen LogP contribution in [0.4, 0.5) is 9.18 Å². The van der Waals surface area contributed by atoms with E-state index in [1.54, 1.807) is 12.1 Å². The molecule has 6 nitrogen and oxygen atoms in total. The van der Waals surface area contributed by atoms with E-state index in [0.717, 1.165) is 18.4 Å². The number of benzene rings is 1. The first-order valence-corrected chi connectivity index (χ1v) is 11.1. The lowest BCUT2D eigenvalue weighted by atomic mass is 9.74. The van der Waals surface area contributed by atoms with Crippen molar-refractivity contribution in [2.75, 3.05) is 45.9 Å². The van der Waals surface area contributed by atoms with E-state index >= 15 is 0 Å². The lowest BCUT2D eigenvalue weighted by molar-refractivity contribution is -0.126. The van der Waals surface area contributed by atoms with Gasteiger partial charge in [0, 0.05) is 57.3 Å². The Labute approximate surface area is 178 Å². The van der Waals surface area contributed by atoms with Crippen LogP contribution in [0.1, 0.15) is 45.1 Å². The first kappa shape index (κ1) is 22.5. The molecule has 0 atom stereocenters. The minimum Gasteiger partial charge on any atom is -0.381 e. The van der Waals surface area contributed by atoms with Crippen LogP contribution in [0.2, 0.25) is 0 Å². The molecule has 2 saturated heterocycles. The second-order valence-corrected chi connectivity index (χ2v) is 8.34. The number of nitrogens with zero attached hydrogens (tertiary/aromatic N) is 2. The highest BCUT2D eigenvalue weighted by Crippen LogP contribution is 2.35. The predicted octanol–water partition coefficient (Wildman–Crippen LogP) is 3.16. The van der Waals surface area contributed by atoms with Crippen molar-refractivity contribution < 1.29 is 18.7 Å². The monoisotopic (exact) mass is 419 g/mol. The Bertz CT molecular complexity index is 724. The van der Waals surface area contributed by atoms with Crippen LogP contribution in [0.3, 0.4) is 0 Å². The molecular formula is C23H34FN3O3. The van der Waals surface area contributed by atoms with Crippen molar-refractivity contribution in [3.05, 3.63) is 35.6 Å². The number of carbonyl (C=O) groups excluding carboxylic acids is 2. The number of halogens is 1. The second kappa shape index (κ2) is 10.2. The maximum Gasteiger partial charge on any atom is 0.319 e. The molecule has 3 rings (SSSR count). The standard InChI is InChI=1S/C23H34FN3O3/c1-3-26(4-2)22(29)27-12-8-18(9-13-27)21(28)25-17-23(10-14-30-15-11-23)19-6-5-7-20(24)16-19/h5-7,16,18H,3-4,8-15,17H2,1-2H3,(H,25,28). The summed E-state index contributed by atoms with van der Waals surface area (Å²) in [5.74, 6) is -0.308. The minimum absolute atomic E-state index is 0.0345. The van der Waals surface area contributed by atoms with Gasteiger partial charge in [0.2, 0.25) is 5.91 Å². The van der Waals surface area contributed by atoms with Crippen LogP contribution in [0, 0.1) is 11.7 Å². The number of amides is 3. The predicted molar refractivity (Wildman–Crippen MR) is 114 cm³/mol. The lowest BCUT2D eigenvalue weighted by Crippen LogP contribution is -2.50. The molecule has 2 aliphatic heterocycles. The Morgan fingerprint density at radius 2 is 1.87 bits per heavy atom. The van der Waals surface area contributed by atoms with E-state index in [2.05, 4.69) is 5.32 Å². The number of carbonyl (C=O) groups is 2. The molecule has 166 valence electrons. The van der Waals surface area contributed by atoms with Gasteiger partial charge in [-0.1, -0.05) is 12.1 Å². The highest BCUT2D eigenvalue weighted by molar-refractivity contribution is 5.80. The number of rotatable bonds is 6. The molecule has 7 heteroatoms. The summed E-state index contributed by atoms with van der Waals surface area (Å²) in [7, 11) is 0. The zero-order valence-electron chi connectivity index (χ0n) is 18.2. The Hall–Kier alpha value is -2.15. The average molecular weight is 420 g/mol. The fraction of sp³-hybridized carbons (Fsp3) is 0.652. The molecule has 1 aromatic carbocycles. The van der Waals surface area contributed by atoms with E-state index in [9.17, 15) is 14.0 Å². The summed E-state index contributed by atoms with van der Waals surface area (Å²) in [4.78, 5) is 29.0. The molecule has 0 saturated carbocycles. The zero-order valence-corrected chi connectivity index (χ0v) is 18.2. The van der Waals surface area contributed by atoms with Crippen molar-refractivity contribution in [2.24, 2.45) is 5.92 Å². The van der Waals surface area contributed by atoms with Gasteiger partial charge in [-0.3, -0.25) is 4.79 Å². The van der Waals surface area contributed by atoms with Crippen molar-refractivity contribution in [3.63, 3.8) is 0 Å². The van der Waals surface area contributed by atoms with E-state index < -0.39 is 0 Å². The summed E-state index contributed by atoms with van der Waals surface area (Å²) in [6.45, 7) is 8.27. The van der Waals surface area contributed by atoms with Crippen molar-refractivity contribution >= 4 is 11.9 Å². The number of hydrogen-bond acceptors (Lipinski definition) is 3. The number of urea groups is 1. The third kappa shape index (κ3) is 5.12. The van der Waals surface area contributed by atoms with Gasteiger partial charge in [-0.05, 0) is 57.2 Å². The van der Waals surface area contributed by atoms with Gasteiger partial charge >= 0.3 is 6.03 Å². The summed E-state index contributed by atoms with van der Waals surface area (Å²) in [5, 5.41) is 3.14. The van der Waals surface area contributed by atoms with Gasteiger partial charge in [0.15, 0.2) is 0 Å². The van der Waals surface area contributed by atoms with Gasteiger partial charge in [-0.2, -0.15) is 0 Å². The Kier molecular flexibility index (Phi) is 7.69. The van der Waals surface area contributed by atoms with E-state index in [1.807, 2.05) is 29.7 Å². The summed E-state index contributed by atoms with van der Waals surface area (Å²) >= 11 is 0. The summed E-state index contributed by atoms with van der Waals surface area (Å²) in [5.41, 5.74) is 0.626. The maximum atomic E-state index is 13.8. The molecule has 2 heterocycles. The number of likely N-dealkylation sites (tertiary alicyclic amines) is 1. The van der Waals surface area contributed by atoms with Gasteiger partial charge in [0.1, 0.15) is 5.82 Å². The molecule has 0 radical (unpaired) electrons. The summed E-state index contributed by atoms with van der Waals surface area (Å²) < 4.78 is 19.4. The van der Waals surface area contributed by atoms with E-state index in [0.29, 0.717) is 58.8 Å². The number of hydrogen-bond donors (Lipinski definition) is 1. The normalized spacial score (nSPS) is 19.4. The molecule has 0 aliphatic carbocycles. The van der Waals surface area contributed by atoms with Crippen molar-refractivity contribution in [1.29, 1.82) is 0 Å². The average Bonchev–Trinajstić information content (AvgIpc) is 2.79. The summed E-state index contributed by atoms with van der Waals surface area (Å²) in [6.07, 6.45) is 2.87. The number of nitrogens with one attached hydrogen (secondary N) is 1. The fourth-order valence-corrected chi connectivity index (χ4v) is 4.58. The van der Waals surface area contributed by atoms with Crippen molar-refractivity contribution in [2.45, 2.75) is 44.9 Å². The fourth-order valence-electron chi connectivity index (χ4n) is 4.58. The second-order valence-electron chi connectivity index (χ2n) is 8.34. The highest BCUT2D eigenvalue weighted by Gasteiger charge is 2.36. The highest BCUT2D eigenvalue weighted by atomic mass is 19.1. The molecule has 2 aliphatic rings. The van der Waals surface area contributed by atoms with Crippen LogP contribution >= 0.6 is 0 Å². The lowest BCUT2D eigenvalue weighted by Gasteiger charge is -2.39. The molecular weight excluding hydrogens is 385 g/mol. The molecule has 0 unspecified atom stereocenters. The largest absolute Gasteiger partial charge is 0.381 e. The Balaban J connectivity index is 1.57. The molecule has 0 aromatic heterocycles. The van der Waals surface area contributed by atoms with Crippen LogP contribution in [0.25, 0.3) is 0 Å². The third-order valence-electron chi connectivity index (χ3n) is 6.66. The van der Waals surface area contributed by atoms with Crippen LogP contribution in [0.5, 0.6) is 0 Å².